The van der Waals surface area contributed by atoms with Gasteiger partial charge in [0.2, 0.25) is 11.8 Å². The first-order valence-corrected chi connectivity index (χ1v) is 4.61. The Bertz CT molecular complexity index is 471. The Kier molecular flexibility index (Phi) is 2.86. The number of ether oxygens (including phenoxy) is 2. The van der Waals surface area contributed by atoms with Crippen molar-refractivity contribution in [2.75, 3.05) is 7.11 Å². The van der Waals surface area contributed by atoms with Crippen molar-refractivity contribution in [2.24, 2.45) is 0 Å². The number of hydrogen-bond donors (Lipinski definition) is 1. The molecule has 1 N–H and O–H groups in total. The molecule has 5 nitrogen and oxygen atoms in total. The molecule has 0 amide bonds. The topological polar surface area (TPSA) is 64.5 Å². The molecule has 1 aromatic carbocycles. The standard InChI is InChI=1S/C11H10N2O3/c1-15-8-2-4-9(5-3-8)16-11-6-10(14)12-7-13-11/h2-7H,1H3,(H,12,13,14). The summed E-state index contributed by atoms with van der Waals surface area (Å²) in [6, 6.07) is 8.38. The van der Waals surface area contributed by atoms with Crippen LogP contribution >= 0.6 is 0 Å². The highest BCUT2D eigenvalue weighted by Gasteiger charge is 2.00. The van der Waals surface area contributed by atoms with Crippen molar-refractivity contribution in [1.29, 1.82) is 0 Å². The van der Waals surface area contributed by atoms with Gasteiger partial charge in [-0.05, 0) is 24.3 Å². The number of rotatable bonds is 3. The summed E-state index contributed by atoms with van der Waals surface area (Å²) in [6.45, 7) is 0. The zero-order valence-corrected chi connectivity index (χ0v) is 8.62. The molecule has 0 spiro atoms. The molecule has 0 fully saturated rings. The van der Waals surface area contributed by atoms with Crippen LogP contribution in [0.25, 0.3) is 0 Å². The van der Waals surface area contributed by atoms with Crippen LogP contribution in [0.3, 0.4) is 0 Å². The first kappa shape index (κ1) is 10.2. The number of methoxy groups -OCH3 is 1. The van der Waals surface area contributed by atoms with Gasteiger partial charge in [0.05, 0.1) is 13.2 Å². The normalized spacial score (nSPS) is 9.81. The lowest BCUT2D eigenvalue weighted by atomic mass is 10.3. The molecule has 0 radical (unpaired) electrons. The number of aromatic nitrogens is 2. The lowest BCUT2D eigenvalue weighted by Gasteiger charge is -2.05. The molecular weight excluding hydrogens is 208 g/mol. The quantitative estimate of drug-likeness (QED) is 0.853. The minimum atomic E-state index is -0.126. The SMILES string of the molecule is COc1ccc(Oc2cc(O)ncn2)cc1. The lowest BCUT2D eigenvalue weighted by molar-refractivity contribution is 0.410. The van der Waals surface area contributed by atoms with Gasteiger partial charge in [-0.1, -0.05) is 0 Å². The molecule has 1 heterocycles. The fourth-order valence-corrected chi connectivity index (χ4v) is 1.15. The third kappa shape index (κ3) is 2.38. The number of nitrogens with zero attached hydrogens (tertiary/aromatic N) is 2. The predicted octanol–water partition coefficient (Wildman–Crippen LogP) is 1.98. The van der Waals surface area contributed by atoms with E-state index < -0.39 is 0 Å². The Morgan fingerprint density at radius 2 is 1.75 bits per heavy atom. The molecule has 0 saturated heterocycles. The van der Waals surface area contributed by atoms with Gasteiger partial charge in [-0.15, -0.1) is 0 Å². The molecule has 0 aliphatic heterocycles. The zero-order valence-electron chi connectivity index (χ0n) is 8.62. The van der Waals surface area contributed by atoms with Gasteiger partial charge < -0.3 is 14.6 Å². The lowest BCUT2D eigenvalue weighted by Crippen LogP contribution is -1.89. The summed E-state index contributed by atoms with van der Waals surface area (Å²) in [5, 5.41) is 9.12. The smallest absolute Gasteiger partial charge is 0.226 e. The molecule has 0 bridgehead atoms. The van der Waals surface area contributed by atoms with E-state index >= 15 is 0 Å². The summed E-state index contributed by atoms with van der Waals surface area (Å²) in [4.78, 5) is 7.41. The van der Waals surface area contributed by atoms with Gasteiger partial charge in [0, 0.05) is 0 Å². The number of aromatic hydroxyl groups is 1. The van der Waals surface area contributed by atoms with E-state index in [9.17, 15) is 0 Å². The van der Waals surface area contributed by atoms with E-state index in [1.807, 2.05) is 0 Å². The van der Waals surface area contributed by atoms with Crippen LogP contribution in [0, 0.1) is 0 Å². The van der Waals surface area contributed by atoms with Gasteiger partial charge in [0.25, 0.3) is 0 Å². The van der Waals surface area contributed by atoms with E-state index in [2.05, 4.69) is 9.97 Å². The molecule has 0 unspecified atom stereocenters. The average molecular weight is 218 g/mol. The van der Waals surface area contributed by atoms with Gasteiger partial charge in [0.1, 0.15) is 17.8 Å². The molecule has 82 valence electrons. The van der Waals surface area contributed by atoms with Crippen molar-refractivity contribution < 1.29 is 14.6 Å². The van der Waals surface area contributed by atoms with Gasteiger partial charge in [-0.3, -0.25) is 0 Å². The number of benzene rings is 1. The summed E-state index contributed by atoms with van der Waals surface area (Å²) < 4.78 is 10.4. The first-order valence-electron chi connectivity index (χ1n) is 4.61. The van der Waals surface area contributed by atoms with E-state index in [1.54, 1.807) is 31.4 Å². The van der Waals surface area contributed by atoms with Gasteiger partial charge >= 0.3 is 0 Å². The van der Waals surface area contributed by atoms with E-state index in [1.165, 1.54) is 12.4 Å². The molecule has 0 aliphatic carbocycles. The van der Waals surface area contributed by atoms with Crippen molar-refractivity contribution in [3.05, 3.63) is 36.7 Å². The van der Waals surface area contributed by atoms with E-state index in [4.69, 9.17) is 14.6 Å². The third-order valence-electron chi connectivity index (χ3n) is 1.91. The van der Waals surface area contributed by atoms with Crippen LogP contribution in [0.2, 0.25) is 0 Å². The molecular formula is C11H10N2O3. The molecule has 2 aromatic rings. The number of hydrogen-bond acceptors (Lipinski definition) is 5. The van der Waals surface area contributed by atoms with Crippen molar-refractivity contribution >= 4 is 0 Å². The predicted molar refractivity (Wildman–Crippen MR) is 56.8 cm³/mol. The summed E-state index contributed by atoms with van der Waals surface area (Å²) >= 11 is 0. The Hall–Kier alpha value is -2.30. The maximum atomic E-state index is 9.12. The largest absolute Gasteiger partial charge is 0.497 e. The molecule has 5 heteroatoms. The van der Waals surface area contributed by atoms with Crippen LogP contribution in [0.4, 0.5) is 0 Å². The maximum Gasteiger partial charge on any atom is 0.226 e. The average Bonchev–Trinajstić information content (AvgIpc) is 2.30. The van der Waals surface area contributed by atoms with Gasteiger partial charge in [0.15, 0.2) is 0 Å². The van der Waals surface area contributed by atoms with Crippen molar-refractivity contribution in [1.82, 2.24) is 9.97 Å². The van der Waals surface area contributed by atoms with Crippen molar-refractivity contribution in [2.45, 2.75) is 0 Å². The third-order valence-corrected chi connectivity index (χ3v) is 1.91. The molecule has 2 rings (SSSR count). The van der Waals surface area contributed by atoms with Crippen LogP contribution in [0.15, 0.2) is 36.7 Å². The summed E-state index contributed by atoms with van der Waals surface area (Å²) in [6.07, 6.45) is 1.23. The highest BCUT2D eigenvalue weighted by molar-refractivity contribution is 5.33. The second-order valence-corrected chi connectivity index (χ2v) is 2.99. The van der Waals surface area contributed by atoms with Crippen LogP contribution in [-0.4, -0.2) is 22.2 Å². The fraction of sp³-hybridized carbons (Fsp3) is 0.0909. The molecule has 0 atom stereocenters. The minimum absolute atomic E-state index is 0.126. The highest BCUT2D eigenvalue weighted by atomic mass is 16.5. The second-order valence-electron chi connectivity index (χ2n) is 2.99. The van der Waals surface area contributed by atoms with Crippen molar-refractivity contribution in [3.8, 4) is 23.3 Å². The van der Waals surface area contributed by atoms with Gasteiger partial charge in [-0.2, -0.15) is 0 Å². The van der Waals surface area contributed by atoms with Crippen LogP contribution in [0.5, 0.6) is 23.3 Å². The Balaban J connectivity index is 2.14. The highest BCUT2D eigenvalue weighted by Crippen LogP contribution is 2.23. The fourth-order valence-electron chi connectivity index (χ4n) is 1.15. The van der Waals surface area contributed by atoms with Gasteiger partial charge in [-0.25, -0.2) is 9.97 Å². The summed E-state index contributed by atoms with van der Waals surface area (Å²) in [7, 11) is 1.60. The summed E-state index contributed by atoms with van der Waals surface area (Å²) in [5.74, 6) is 1.52. The minimum Gasteiger partial charge on any atom is -0.497 e. The molecule has 0 aliphatic rings. The second kappa shape index (κ2) is 4.48. The van der Waals surface area contributed by atoms with Crippen molar-refractivity contribution in [3.63, 3.8) is 0 Å². The molecule has 0 saturated carbocycles. The maximum absolute atomic E-state index is 9.12. The monoisotopic (exact) mass is 218 g/mol. The first-order chi connectivity index (χ1) is 7.78. The van der Waals surface area contributed by atoms with E-state index in [-0.39, 0.29) is 11.8 Å². The van der Waals surface area contributed by atoms with Crippen LogP contribution < -0.4 is 9.47 Å². The van der Waals surface area contributed by atoms with Crippen LogP contribution in [0.1, 0.15) is 0 Å². The zero-order chi connectivity index (χ0) is 11.4. The van der Waals surface area contributed by atoms with Crippen LogP contribution in [-0.2, 0) is 0 Å². The Morgan fingerprint density at radius 3 is 2.38 bits per heavy atom. The molecule has 16 heavy (non-hydrogen) atoms. The summed E-state index contributed by atoms with van der Waals surface area (Å²) in [5.41, 5.74) is 0. The Labute approximate surface area is 92.3 Å². The van der Waals surface area contributed by atoms with E-state index in [0.717, 1.165) is 5.75 Å². The Morgan fingerprint density at radius 1 is 1.06 bits per heavy atom. The molecule has 1 aromatic heterocycles. The van der Waals surface area contributed by atoms with E-state index in [0.29, 0.717) is 5.75 Å².